The third-order valence-corrected chi connectivity index (χ3v) is 9.42. The minimum Gasteiger partial charge on any atom is -0.301 e. The standard InChI is InChI=1S/C19H18ClN3O3S3/c20-15-6-7-16(28-15)29(25,26)23-11-8-19(9-12-23,14-4-2-1-3-5-14)17(24)22-18-21-10-13-27-18/h1-7,10,13H,8-9,11-12H2,(H,21,22,24). The van der Waals surface area contributed by atoms with E-state index in [-0.39, 0.29) is 23.2 Å². The molecule has 4 rings (SSSR count). The summed E-state index contributed by atoms with van der Waals surface area (Å²) >= 11 is 8.31. The van der Waals surface area contributed by atoms with Crippen molar-refractivity contribution in [3.05, 3.63) is 63.9 Å². The topological polar surface area (TPSA) is 79.4 Å². The zero-order valence-corrected chi connectivity index (χ0v) is 18.5. The second-order valence-corrected chi connectivity index (χ2v) is 11.5. The number of thiophene rings is 1. The lowest BCUT2D eigenvalue weighted by Gasteiger charge is -2.40. The number of anilines is 1. The Kier molecular flexibility index (Phi) is 5.76. The summed E-state index contributed by atoms with van der Waals surface area (Å²) in [4.78, 5) is 17.4. The average molecular weight is 468 g/mol. The average Bonchev–Trinajstić information content (AvgIpc) is 3.40. The van der Waals surface area contributed by atoms with Crippen molar-refractivity contribution >= 4 is 55.3 Å². The number of hydrogen-bond acceptors (Lipinski definition) is 6. The van der Waals surface area contributed by atoms with Gasteiger partial charge in [-0.05, 0) is 30.5 Å². The van der Waals surface area contributed by atoms with E-state index in [1.54, 1.807) is 17.6 Å². The van der Waals surface area contributed by atoms with Gasteiger partial charge in [0.2, 0.25) is 5.91 Å². The van der Waals surface area contributed by atoms with Gasteiger partial charge in [0.1, 0.15) is 4.21 Å². The summed E-state index contributed by atoms with van der Waals surface area (Å²) in [5.41, 5.74) is 0.0664. The van der Waals surface area contributed by atoms with Crippen LogP contribution in [-0.4, -0.2) is 36.7 Å². The zero-order valence-electron chi connectivity index (χ0n) is 15.2. The van der Waals surface area contributed by atoms with Crippen LogP contribution in [0.5, 0.6) is 0 Å². The molecule has 152 valence electrons. The molecule has 0 atom stereocenters. The number of benzene rings is 1. The van der Waals surface area contributed by atoms with Crippen LogP contribution in [-0.2, 0) is 20.2 Å². The fraction of sp³-hybridized carbons (Fsp3) is 0.263. The lowest BCUT2D eigenvalue weighted by Crippen LogP contribution is -2.50. The first-order chi connectivity index (χ1) is 13.9. The van der Waals surface area contributed by atoms with Crippen molar-refractivity contribution in [2.24, 2.45) is 0 Å². The van der Waals surface area contributed by atoms with Gasteiger partial charge in [0.25, 0.3) is 10.0 Å². The summed E-state index contributed by atoms with van der Waals surface area (Å²) in [6, 6.07) is 12.6. The van der Waals surface area contributed by atoms with Gasteiger partial charge in [0.15, 0.2) is 5.13 Å². The predicted octanol–water partition coefficient (Wildman–Crippen LogP) is 4.22. The number of piperidine rings is 1. The van der Waals surface area contributed by atoms with E-state index in [4.69, 9.17) is 11.6 Å². The summed E-state index contributed by atoms with van der Waals surface area (Å²) in [6.07, 6.45) is 2.40. The molecule has 1 amide bonds. The maximum Gasteiger partial charge on any atom is 0.252 e. The van der Waals surface area contributed by atoms with E-state index in [1.165, 1.54) is 21.7 Å². The Bertz CT molecular complexity index is 1090. The molecule has 0 saturated carbocycles. The lowest BCUT2D eigenvalue weighted by molar-refractivity contribution is -0.123. The third-order valence-electron chi connectivity index (χ3n) is 5.13. The Balaban J connectivity index is 1.61. The summed E-state index contributed by atoms with van der Waals surface area (Å²) in [5, 5.41) is 5.24. The van der Waals surface area contributed by atoms with E-state index in [1.807, 2.05) is 30.3 Å². The molecule has 1 fully saturated rings. The van der Waals surface area contributed by atoms with Crippen LogP contribution in [0.2, 0.25) is 4.34 Å². The third kappa shape index (κ3) is 3.97. The number of hydrogen-bond donors (Lipinski definition) is 1. The molecule has 0 radical (unpaired) electrons. The molecular formula is C19H18ClN3O3S3. The second kappa shape index (κ2) is 8.16. The second-order valence-electron chi connectivity index (χ2n) is 6.70. The monoisotopic (exact) mass is 467 g/mol. The Hall–Kier alpha value is -1.78. The maximum atomic E-state index is 13.3. The van der Waals surface area contributed by atoms with Gasteiger partial charge in [-0.15, -0.1) is 22.7 Å². The number of amides is 1. The molecule has 1 aliphatic heterocycles. The molecule has 0 aliphatic carbocycles. The van der Waals surface area contributed by atoms with E-state index in [9.17, 15) is 13.2 Å². The number of halogens is 1. The summed E-state index contributed by atoms with van der Waals surface area (Å²) in [7, 11) is -3.62. The Labute approximate surface area is 182 Å². The van der Waals surface area contributed by atoms with Gasteiger partial charge in [-0.25, -0.2) is 13.4 Å². The molecule has 0 unspecified atom stereocenters. The summed E-state index contributed by atoms with van der Waals surface area (Å²) in [5.74, 6) is -0.158. The Morgan fingerprint density at radius 1 is 1.14 bits per heavy atom. The van der Waals surface area contributed by atoms with Crippen molar-refractivity contribution in [1.29, 1.82) is 0 Å². The number of nitrogens with zero attached hydrogens (tertiary/aromatic N) is 2. The van der Waals surface area contributed by atoms with E-state index in [2.05, 4.69) is 10.3 Å². The van der Waals surface area contributed by atoms with E-state index >= 15 is 0 Å². The number of thiazole rings is 1. The molecule has 3 heterocycles. The van der Waals surface area contributed by atoms with Crippen LogP contribution in [0.3, 0.4) is 0 Å². The molecule has 0 spiro atoms. The minimum atomic E-state index is -3.62. The quantitative estimate of drug-likeness (QED) is 0.609. The Morgan fingerprint density at radius 3 is 2.45 bits per heavy atom. The zero-order chi connectivity index (χ0) is 20.5. The number of sulfonamides is 1. The minimum absolute atomic E-state index is 0.158. The first-order valence-electron chi connectivity index (χ1n) is 8.94. The van der Waals surface area contributed by atoms with Crippen LogP contribution in [0.25, 0.3) is 0 Å². The van der Waals surface area contributed by atoms with Crippen molar-refractivity contribution in [2.75, 3.05) is 18.4 Å². The Morgan fingerprint density at radius 2 is 1.86 bits per heavy atom. The van der Waals surface area contributed by atoms with Crippen LogP contribution in [0, 0.1) is 0 Å². The SMILES string of the molecule is O=C(Nc1nccs1)C1(c2ccccc2)CCN(S(=O)(=O)c2ccc(Cl)s2)CC1. The van der Waals surface area contributed by atoms with Crippen molar-refractivity contribution in [1.82, 2.24) is 9.29 Å². The highest BCUT2D eigenvalue weighted by Gasteiger charge is 2.45. The van der Waals surface area contributed by atoms with E-state index in [0.717, 1.165) is 16.9 Å². The molecule has 1 saturated heterocycles. The van der Waals surface area contributed by atoms with Gasteiger partial charge in [0.05, 0.1) is 9.75 Å². The first kappa shape index (κ1) is 20.5. The maximum absolute atomic E-state index is 13.3. The predicted molar refractivity (Wildman–Crippen MR) is 116 cm³/mol. The molecule has 29 heavy (non-hydrogen) atoms. The number of aromatic nitrogens is 1. The summed E-state index contributed by atoms with van der Waals surface area (Å²) in [6.45, 7) is 0.496. The van der Waals surface area contributed by atoms with Gasteiger partial charge >= 0.3 is 0 Å². The fourth-order valence-corrected chi connectivity index (χ4v) is 7.18. The van der Waals surface area contributed by atoms with Crippen molar-refractivity contribution in [3.63, 3.8) is 0 Å². The van der Waals surface area contributed by atoms with Gasteiger partial charge in [-0.3, -0.25) is 4.79 Å². The molecule has 6 nitrogen and oxygen atoms in total. The fourth-order valence-electron chi connectivity index (χ4n) is 3.58. The molecule has 1 aromatic carbocycles. The van der Waals surface area contributed by atoms with E-state index in [0.29, 0.717) is 22.3 Å². The van der Waals surface area contributed by atoms with Crippen molar-refractivity contribution in [2.45, 2.75) is 22.5 Å². The van der Waals surface area contributed by atoms with Gasteiger partial charge in [-0.2, -0.15) is 4.31 Å². The van der Waals surface area contributed by atoms with Gasteiger partial charge in [-0.1, -0.05) is 41.9 Å². The van der Waals surface area contributed by atoms with Crippen LogP contribution in [0.15, 0.2) is 58.3 Å². The van der Waals surface area contributed by atoms with Crippen molar-refractivity contribution in [3.8, 4) is 0 Å². The molecule has 0 bridgehead atoms. The highest BCUT2D eigenvalue weighted by Crippen LogP contribution is 2.39. The van der Waals surface area contributed by atoms with Crippen LogP contribution >= 0.6 is 34.3 Å². The van der Waals surface area contributed by atoms with Crippen LogP contribution in [0.4, 0.5) is 5.13 Å². The molecule has 1 aliphatic rings. The van der Waals surface area contributed by atoms with E-state index < -0.39 is 15.4 Å². The molecule has 10 heteroatoms. The largest absolute Gasteiger partial charge is 0.301 e. The summed E-state index contributed by atoms with van der Waals surface area (Å²) < 4.78 is 28.0. The highest BCUT2D eigenvalue weighted by atomic mass is 35.5. The smallest absolute Gasteiger partial charge is 0.252 e. The highest BCUT2D eigenvalue weighted by molar-refractivity contribution is 7.91. The number of rotatable bonds is 5. The van der Waals surface area contributed by atoms with Crippen molar-refractivity contribution < 1.29 is 13.2 Å². The van der Waals surface area contributed by atoms with Crippen LogP contribution in [0.1, 0.15) is 18.4 Å². The van der Waals surface area contributed by atoms with Gasteiger partial charge in [0, 0.05) is 24.7 Å². The molecule has 3 aromatic rings. The number of carbonyl (C=O) groups is 1. The number of nitrogens with one attached hydrogen (secondary N) is 1. The van der Waals surface area contributed by atoms with Crippen LogP contribution < -0.4 is 5.32 Å². The van der Waals surface area contributed by atoms with Gasteiger partial charge < -0.3 is 5.32 Å². The molecule has 2 aromatic heterocycles. The normalized spacial score (nSPS) is 17.1. The molecular weight excluding hydrogens is 450 g/mol. The first-order valence-corrected chi connectivity index (χ1v) is 12.5. The molecule has 1 N–H and O–H groups in total. The number of carbonyl (C=O) groups excluding carboxylic acids is 1. The lowest BCUT2D eigenvalue weighted by atomic mass is 9.72.